The van der Waals surface area contributed by atoms with E-state index >= 15 is 0 Å². The predicted molar refractivity (Wildman–Crippen MR) is 71.4 cm³/mol. The summed E-state index contributed by atoms with van der Waals surface area (Å²) in [5, 5.41) is 12.5. The van der Waals surface area contributed by atoms with Crippen molar-refractivity contribution in [1.29, 1.82) is 0 Å². The summed E-state index contributed by atoms with van der Waals surface area (Å²) in [6.07, 6.45) is 0. The third-order valence-electron chi connectivity index (χ3n) is 2.74. The van der Waals surface area contributed by atoms with Crippen LogP contribution in [0, 0.1) is 11.2 Å². The first-order valence-electron chi connectivity index (χ1n) is 5.65. The van der Waals surface area contributed by atoms with Gasteiger partial charge in [-0.15, -0.1) is 0 Å². The quantitative estimate of drug-likeness (QED) is 0.875. The SMILES string of the molecule is CC(NCC(C)(C)CO)c1ccc(F)cc1Br. The standard InChI is InChI=1S/C13H19BrFNO/c1-9(16-7-13(2,3)8-17)11-5-4-10(15)6-12(11)14/h4-6,9,16-17H,7-8H2,1-3H3. The Labute approximate surface area is 110 Å². The number of aliphatic hydroxyl groups excluding tert-OH is 1. The van der Waals surface area contributed by atoms with Gasteiger partial charge in [-0.25, -0.2) is 4.39 Å². The Hall–Kier alpha value is -0.450. The van der Waals surface area contributed by atoms with Crippen molar-refractivity contribution in [3.8, 4) is 0 Å². The average molecular weight is 304 g/mol. The average Bonchev–Trinajstić information content (AvgIpc) is 2.26. The summed E-state index contributed by atoms with van der Waals surface area (Å²) in [4.78, 5) is 0. The molecule has 1 unspecified atom stereocenters. The molecule has 1 atom stereocenters. The van der Waals surface area contributed by atoms with E-state index in [1.165, 1.54) is 12.1 Å². The third kappa shape index (κ3) is 4.37. The molecule has 0 fully saturated rings. The summed E-state index contributed by atoms with van der Waals surface area (Å²) in [5.41, 5.74) is 0.862. The van der Waals surface area contributed by atoms with Crippen LogP contribution < -0.4 is 5.32 Å². The van der Waals surface area contributed by atoms with Gasteiger partial charge < -0.3 is 10.4 Å². The Kier molecular flexibility index (Phi) is 5.10. The molecule has 0 aliphatic carbocycles. The second-order valence-corrected chi connectivity index (χ2v) is 5.95. The van der Waals surface area contributed by atoms with Crippen molar-refractivity contribution in [2.24, 2.45) is 5.41 Å². The zero-order chi connectivity index (χ0) is 13.1. The Balaban J connectivity index is 2.67. The molecule has 0 saturated carbocycles. The van der Waals surface area contributed by atoms with Crippen LogP contribution in [0.3, 0.4) is 0 Å². The first kappa shape index (κ1) is 14.6. The molecule has 2 N–H and O–H groups in total. The van der Waals surface area contributed by atoms with Gasteiger partial charge in [-0.1, -0.05) is 35.8 Å². The van der Waals surface area contributed by atoms with E-state index in [4.69, 9.17) is 5.11 Å². The lowest BCUT2D eigenvalue weighted by Crippen LogP contribution is -2.33. The van der Waals surface area contributed by atoms with Crippen LogP contribution >= 0.6 is 15.9 Å². The van der Waals surface area contributed by atoms with Crippen molar-refractivity contribution in [1.82, 2.24) is 5.32 Å². The van der Waals surface area contributed by atoms with Crippen LogP contribution in [0.5, 0.6) is 0 Å². The summed E-state index contributed by atoms with van der Waals surface area (Å²) >= 11 is 3.36. The molecular weight excluding hydrogens is 285 g/mol. The Morgan fingerprint density at radius 3 is 2.65 bits per heavy atom. The van der Waals surface area contributed by atoms with Gasteiger partial charge in [-0.3, -0.25) is 0 Å². The summed E-state index contributed by atoms with van der Waals surface area (Å²) in [6, 6.07) is 4.79. The molecule has 17 heavy (non-hydrogen) atoms. The molecule has 1 aromatic rings. The number of nitrogens with one attached hydrogen (secondary N) is 1. The van der Waals surface area contributed by atoms with Gasteiger partial charge in [0, 0.05) is 29.1 Å². The molecule has 0 aliphatic heterocycles. The van der Waals surface area contributed by atoms with Crippen molar-refractivity contribution < 1.29 is 9.50 Å². The van der Waals surface area contributed by atoms with E-state index in [-0.39, 0.29) is 23.9 Å². The molecule has 2 nitrogen and oxygen atoms in total. The van der Waals surface area contributed by atoms with E-state index in [9.17, 15) is 4.39 Å². The maximum Gasteiger partial charge on any atom is 0.124 e. The largest absolute Gasteiger partial charge is 0.396 e. The highest BCUT2D eigenvalue weighted by molar-refractivity contribution is 9.10. The smallest absolute Gasteiger partial charge is 0.124 e. The monoisotopic (exact) mass is 303 g/mol. The Bertz CT molecular complexity index is 382. The van der Waals surface area contributed by atoms with Crippen LogP contribution in [0.2, 0.25) is 0 Å². The maximum absolute atomic E-state index is 13.0. The lowest BCUT2D eigenvalue weighted by Gasteiger charge is -2.25. The van der Waals surface area contributed by atoms with Crippen molar-refractivity contribution in [2.45, 2.75) is 26.8 Å². The summed E-state index contributed by atoms with van der Waals surface area (Å²) in [7, 11) is 0. The molecule has 0 aromatic heterocycles. The minimum Gasteiger partial charge on any atom is -0.396 e. The van der Waals surface area contributed by atoms with Gasteiger partial charge in [0.05, 0.1) is 0 Å². The van der Waals surface area contributed by atoms with E-state index in [0.717, 1.165) is 10.0 Å². The molecule has 0 heterocycles. The van der Waals surface area contributed by atoms with Crippen molar-refractivity contribution in [3.63, 3.8) is 0 Å². The first-order chi connectivity index (χ1) is 7.85. The number of halogens is 2. The molecule has 0 amide bonds. The third-order valence-corrected chi connectivity index (χ3v) is 3.43. The molecule has 0 saturated heterocycles. The predicted octanol–water partition coefficient (Wildman–Crippen LogP) is 3.26. The highest BCUT2D eigenvalue weighted by Crippen LogP contribution is 2.25. The van der Waals surface area contributed by atoms with Crippen LogP contribution in [0.4, 0.5) is 4.39 Å². The van der Waals surface area contributed by atoms with Gasteiger partial charge in [0.25, 0.3) is 0 Å². The lowest BCUT2D eigenvalue weighted by atomic mass is 9.94. The number of aliphatic hydroxyl groups is 1. The van der Waals surface area contributed by atoms with Gasteiger partial charge >= 0.3 is 0 Å². The van der Waals surface area contributed by atoms with E-state index in [0.29, 0.717) is 6.54 Å². The van der Waals surface area contributed by atoms with Gasteiger partial charge in [0.2, 0.25) is 0 Å². The van der Waals surface area contributed by atoms with Crippen LogP contribution in [0.1, 0.15) is 32.4 Å². The Morgan fingerprint density at radius 2 is 2.12 bits per heavy atom. The zero-order valence-electron chi connectivity index (χ0n) is 10.4. The van der Waals surface area contributed by atoms with E-state index < -0.39 is 0 Å². The fourth-order valence-corrected chi connectivity index (χ4v) is 2.14. The van der Waals surface area contributed by atoms with E-state index in [1.54, 1.807) is 6.07 Å². The molecule has 96 valence electrons. The molecule has 1 aromatic carbocycles. The van der Waals surface area contributed by atoms with Crippen LogP contribution in [-0.4, -0.2) is 18.3 Å². The second-order valence-electron chi connectivity index (χ2n) is 5.09. The number of benzene rings is 1. The molecule has 0 spiro atoms. The minimum absolute atomic E-state index is 0.107. The van der Waals surface area contributed by atoms with Crippen LogP contribution in [0.15, 0.2) is 22.7 Å². The normalized spacial score (nSPS) is 13.8. The van der Waals surface area contributed by atoms with Crippen molar-refractivity contribution >= 4 is 15.9 Å². The number of rotatable bonds is 5. The summed E-state index contributed by atoms with van der Waals surface area (Å²) in [5.74, 6) is -0.247. The topological polar surface area (TPSA) is 32.3 Å². The van der Waals surface area contributed by atoms with E-state index in [2.05, 4.69) is 21.2 Å². The van der Waals surface area contributed by atoms with Crippen LogP contribution in [0.25, 0.3) is 0 Å². The summed E-state index contributed by atoms with van der Waals surface area (Å²) in [6.45, 7) is 6.84. The zero-order valence-corrected chi connectivity index (χ0v) is 12.0. The van der Waals surface area contributed by atoms with E-state index in [1.807, 2.05) is 20.8 Å². The van der Waals surface area contributed by atoms with Crippen molar-refractivity contribution in [2.75, 3.05) is 13.2 Å². The molecule has 0 radical (unpaired) electrons. The van der Waals surface area contributed by atoms with Gasteiger partial charge in [-0.2, -0.15) is 0 Å². The molecular formula is C13H19BrFNO. The number of hydrogen-bond donors (Lipinski definition) is 2. The molecule has 0 aliphatic rings. The first-order valence-corrected chi connectivity index (χ1v) is 6.44. The van der Waals surface area contributed by atoms with Gasteiger partial charge in [-0.05, 0) is 24.6 Å². The van der Waals surface area contributed by atoms with Gasteiger partial charge in [0.15, 0.2) is 0 Å². The van der Waals surface area contributed by atoms with Crippen molar-refractivity contribution in [3.05, 3.63) is 34.1 Å². The molecule has 4 heteroatoms. The molecule has 1 rings (SSSR count). The second kappa shape index (κ2) is 5.94. The Morgan fingerprint density at radius 1 is 1.47 bits per heavy atom. The molecule has 0 bridgehead atoms. The fourth-order valence-electron chi connectivity index (χ4n) is 1.45. The number of hydrogen-bond acceptors (Lipinski definition) is 2. The lowest BCUT2D eigenvalue weighted by molar-refractivity contribution is 0.154. The van der Waals surface area contributed by atoms with Gasteiger partial charge in [0.1, 0.15) is 5.82 Å². The highest BCUT2D eigenvalue weighted by Gasteiger charge is 2.18. The highest BCUT2D eigenvalue weighted by atomic mass is 79.9. The minimum atomic E-state index is -0.247. The fraction of sp³-hybridized carbons (Fsp3) is 0.538. The van der Waals surface area contributed by atoms with Crippen LogP contribution in [-0.2, 0) is 0 Å². The summed E-state index contributed by atoms with van der Waals surface area (Å²) < 4.78 is 13.7. The maximum atomic E-state index is 13.0.